The smallest absolute Gasteiger partial charge is 0.0855 e. The fourth-order valence-electron chi connectivity index (χ4n) is 0.860. The lowest BCUT2D eigenvalue weighted by molar-refractivity contribution is 1.01. The molecule has 1 aromatic rings. The SMILES string of the molecule is NCCC=Cc1ncccc1N. The van der Waals surface area contributed by atoms with Crippen molar-refractivity contribution in [3.05, 3.63) is 30.1 Å². The van der Waals surface area contributed by atoms with E-state index in [0.29, 0.717) is 12.2 Å². The Hall–Kier alpha value is -1.35. The van der Waals surface area contributed by atoms with Gasteiger partial charge in [-0.2, -0.15) is 0 Å². The first-order valence-electron chi connectivity index (χ1n) is 3.91. The van der Waals surface area contributed by atoms with Crippen molar-refractivity contribution >= 4 is 11.8 Å². The molecule has 0 unspecified atom stereocenters. The first-order valence-corrected chi connectivity index (χ1v) is 3.91. The van der Waals surface area contributed by atoms with Gasteiger partial charge >= 0.3 is 0 Å². The molecule has 1 heterocycles. The van der Waals surface area contributed by atoms with Crippen LogP contribution in [0.5, 0.6) is 0 Å². The maximum Gasteiger partial charge on any atom is 0.0855 e. The molecule has 0 bridgehead atoms. The third-order valence-electron chi connectivity index (χ3n) is 1.48. The summed E-state index contributed by atoms with van der Waals surface area (Å²) in [5, 5.41) is 0. The number of anilines is 1. The molecule has 0 saturated heterocycles. The van der Waals surface area contributed by atoms with Crippen molar-refractivity contribution in [1.29, 1.82) is 0 Å². The molecule has 0 aliphatic heterocycles. The summed E-state index contributed by atoms with van der Waals surface area (Å²) in [5.41, 5.74) is 12.5. The molecule has 12 heavy (non-hydrogen) atoms. The van der Waals surface area contributed by atoms with Gasteiger partial charge in [-0.25, -0.2) is 0 Å². The average molecular weight is 163 g/mol. The van der Waals surface area contributed by atoms with Gasteiger partial charge in [0, 0.05) is 6.20 Å². The van der Waals surface area contributed by atoms with Crippen LogP contribution in [-0.2, 0) is 0 Å². The molecule has 64 valence electrons. The summed E-state index contributed by atoms with van der Waals surface area (Å²) in [6.45, 7) is 0.656. The lowest BCUT2D eigenvalue weighted by Crippen LogP contribution is -1.95. The molecule has 0 aliphatic carbocycles. The van der Waals surface area contributed by atoms with E-state index >= 15 is 0 Å². The highest BCUT2D eigenvalue weighted by Gasteiger charge is 1.91. The Bertz CT molecular complexity index is 268. The standard InChI is InChI=1S/C9H13N3/c10-6-2-1-5-9-8(11)4-3-7-12-9/h1,3-5,7H,2,6,10-11H2. The van der Waals surface area contributed by atoms with Gasteiger partial charge in [0.1, 0.15) is 0 Å². The molecule has 0 aromatic carbocycles. The van der Waals surface area contributed by atoms with Crippen LogP contribution in [0, 0.1) is 0 Å². The minimum Gasteiger partial charge on any atom is -0.397 e. The normalized spacial score (nSPS) is 10.8. The summed E-state index contributed by atoms with van der Waals surface area (Å²) in [4.78, 5) is 4.10. The molecule has 1 aromatic heterocycles. The molecule has 4 N–H and O–H groups in total. The number of hydrogen-bond donors (Lipinski definition) is 2. The predicted octanol–water partition coefficient (Wildman–Crippen LogP) is 1.03. The summed E-state index contributed by atoms with van der Waals surface area (Å²) in [5.74, 6) is 0. The summed E-state index contributed by atoms with van der Waals surface area (Å²) >= 11 is 0. The van der Waals surface area contributed by atoms with E-state index in [1.165, 1.54) is 0 Å². The molecule has 0 radical (unpaired) electrons. The van der Waals surface area contributed by atoms with Crippen LogP contribution in [0.1, 0.15) is 12.1 Å². The molecular formula is C9H13N3. The van der Waals surface area contributed by atoms with Gasteiger partial charge in [-0.15, -0.1) is 0 Å². The van der Waals surface area contributed by atoms with Crippen LogP contribution in [0.15, 0.2) is 24.4 Å². The van der Waals surface area contributed by atoms with E-state index in [2.05, 4.69) is 4.98 Å². The second kappa shape index (κ2) is 4.51. The van der Waals surface area contributed by atoms with Gasteiger partial charge in [-0.1, -0.05) is 6.08 Å². The largest absolute Gasteiger partial charge is 0.397 e. The van der Waals surface area contributed by atoms with E-state index < -0.39 is 0 Å². The highest BCUT2D eigenvalue weighted by molar-refractivity contribution is 5.59. The van der Waals surface area contributed by atoms with Gasteiger partial charge in [0.15, 0.2) is 0 Å². The van der Waals surface area contributed by atoms with Gasteiger partial charge in [0.2, 0.25) is 0 Å². The van der Waals surface area contributed by atoms with Gasteiger partial charge < -0.3 is 11.5 Å². The van der Waals surface area contributed by atoms with Crippen molar-refractivity contribution in [3.8, 4) is 0 Å². The Morgan fingerprint density at radius 3 is 3.00 bits per heavy atom. The molecule has 1 rings (SSSR count). The lowest BCUT2D eigenvalue weighted by atomic mass is 10.2. The van der Waals surface area contributed by atoms with Crippen LogP contribution in [0.25, 0.3) is 6.08 Å². The zero-order chi connectivity index (χ0) is 8.81. The van der Waals surface area contributed by atoms with Gasteiger partial charge in [0.05, 0.1) is 11.4 Å². The van der Waals surface area contributed by atoms with Crippen LogP contribution in [0.2, 0.25) is 0 Å². The Labute approximate surface area is 72.1 Å². The highest BCUT2D eigenvalue weighted by atomic mass is 14.7. The number of rotatable bonds is 3. The topological polar surface area (TPSA) is 64.9 Å². The third-order valence-corrected chi connectivity index (χ3v) is 1.48. The summed E-state index contributed by atoms with van der Waals surface area (Å²) in [6, 6.07) is 3.64. The quantitative estimate of drug-likeness (QED) is 0.699. The third kappa shape index (κ3) is 2.36. The highest BCUT2D eigenvalue weighted by Crippen LogP contribution is 2.08. The summed E-state index contributed by atoms with van der Waals surface area (Å²) in [6.07, 6.45) is 6.44. The van der Waals surface area contributed by atoms with Crippen molar-refractivity contribution < 1.29 is 0 Å². The zero-order valence-electron chi connectivity index (χ0n) is 6.90. The van der Waals surface area contributed by atoms with Crippen LogP contribution >= 0.6 is 0 Å². The van der Waals surface area contributed by atoms with Crippen LogP contribution in [-0.4, -0.2) is 11.5 Å². The Balaban J connectivity index is 2.68. The first-order chi connectivity index (χ1) is 5.84. The number of nitrogens with two attached hydrogens (primary N) is 2. The number of pyridine rings is 1. The van der Waals surface area contributed by atoms with E-state index in [1.54, 1.807) is 6.20 Å². The number of nitrogen functional groups attached to an aromatic ring is 1. The second-order valence-electron chi connectivity index (χ2n) is 2.46. The van der Waals surface area contributed by atoms with Crippen LogP contribution in [0.3, 0.4) is 0 Å². The van der Waals surface area contributed by atoms with Crippen molar-refractivity contribution in [1.82, 2.24) is 4.98 Å². The van der Waals surface area contributed by atoms with Gasteiger partial charge in [0.25, 0.3) is 0 Å². The van der Waals surface area contributed by atoms with Crippen molar-refractivity contribution in [2.45, 2.75) is 6.42 Å². The molecule has 3 heteroatoms. The summed E-state index contributed by atoms with van der Waals surface area (Å²) < 4.78 is 0. The van der Waals surface area contributed by atoms with Gasteiger partial charge in [-0.3, -0.25) is 4.98 Å². The fraction of sp³-hybridized carbons (Fsp3) is 0.222. The second-order valence-corrected chi connectivity index (χ2v) is 2.46. The predicted molar refractivity (Wildman–Crippen MR) is 51.4 cm³/mol. The maximum absolute atomic E-state index is 5.66. The Kier molecular flexibility index (Phi) is 3.29. The lowest BCUT2D eigenvalue weighted by Gasteiger charge is -1.96. The van der Waals surface area contributed by atoms with Crippen LogP contribution < -0.4 is 11.5 Å². The van der Waals surface area contributed by atoms with E-state index in [-0.39, 0.29) is 0 Å². The minimum absolute atomic E-state index is 0.656. The zero-order valence-corrected chi connectivity index (χ0v) is 6.90. The molecular weight excluding hydrogens is 150 g/mol. The van der Waals surface area contributed by atoms with Crippen molar-refractivity contribution in [2.75, 3.05) is 12.3 Å². The van der Waals surface area contributed by atoms with E-state index in [1.807, 2.05) is 24.3 Å². The molecule has 0 aliphatic rings. The molecule has 0 fully saturated rings. The van der Waals surface area contributed by atoms with E-state index in [9.17, 15) is 0 Å². The fourth-order valence-corrected chi connectivity index (χ4v) is 0.860. The van der Waals surface area contributed by atoms with Crippen LogP contribution in [0.4, 0.5) is 5.69 Å². The number of nitrogens with zero attached hydrogens (tertiary/aromatic N) is 1. The van der Waals surface area contributed by atoms with E-state index in [4.69, 9.17) is 11.5 Å². The molecule has 0 spiro atoms. The maximum atomic E-state index is 5.66. The number of hydrogen-bond acceptors (Lipinski definition) is 3. The first kappa shape index (κ1) is 8.74. The average Bonchev–Trinajstić information content (AvgIpc) is 2.09. The number of aromatic nitrogens is 1. The monoisotopic (exact) mass is 163 g/mol. The summed E-state index contributed by atoms with van der Waals surface area (Å²) in [7, 11) is 0. The van der Waals surface area contributed by atoms with Crippen molar-refractivity contribution in [3.63, 3.8) is 0 Å². The molecule has 0 saturated carbocycles. The Morgan fingerprint density at radius 1 is 1.50 bits per heavy atom. The minimum atomic E-state index is 0.656. The van der Waals surface area contributed by atoms with Crippen molar-refractivity contribution in [2.24, 2.45) is 5.73 Å². The van der Waals surface area contributed by atoms with E-state index in [0.717, 1.165) is 12.1 Å². The molecule has 3 nitrogen and oxygen atoms in total. The van der Waals surface area contributed by atoms with Gasteiger partial charge in [-0.05, 0) is 31.2 Å². The Morgan fingerprint density at radius 2 is 2.33 bits per heavy atom. The molecule has 0 amide bonds. The molecule has 0 atom stereocenters.